The van der Waals surface area contributed by atoms with Gasteiger partial charge in [0.1, 0.15) is 23.3 Å². The van der Waals surface area contributed by atoms with Gasteiger partial charge in [-0.1, -0.05) is 63.9 Å². The molecule has 98 valence electrons. The van der Waals surface area contributed by atoms with Crippen molar-refractivity contribution in [2.45, 2.75) is 0 Å². The lowest BCUT2D eigenvalue weighted by Crippen LogP contribution is -2.07. The predicted molar refractivity (Wildman–Crippen MR) is 76.6 cm³/mol. The Morgan fingerprint density at radius 3 is 1.83 bits per heavy atom. The normalized spacial score (nSPS) is 10.2. The summed E-state index contributed by atoms with van der Waals surface area (Å²) in [6, 6.07) is 0. The zero-order chi connectivity index (χ0) is 13.7. The van der Waals surface area contributed by atoms with Crippen LogP contribution in [0.2, 0.25) is 25.1 Å². The summed E-state index contributed by atoms with van der Waals surface area (Å²) in [6.07, 6.45) is 5.02. The summed E-state index contributed by atoms with van der Waals surface area (Å²) >= 11 is 29.5. The van der Waals surface area contributed by atoms with Gasteiger partial charge in [0.15, 0.2) is 5.75 Å². The molecule has 0 amide bonds. The van der Waals surface area contributed by atoms with Gasteiger partial charge in [0.2, 0.25) is 0 Å². The van der Waals surface area contributed by atoms with E-state index in [-0.39, 0.29) is 50.7 Å². The lowest BCUT2D eigenvalue weighted by atomic mass is 10.3. The largest absolute Gasteiger partial charge is 0.488 e. The van der Waals surface area contributed by atoms with Gasteiger partial charge < -0.3 is 9.47 Å². The van der Waals surface area contributed by atoms with E-state index in [9.17, 15) is 0 Å². The molecule has 2 nitrogen and oxygen atoms in total. The van der Waals surface area contributed by atoms with Crippen LogP contribution in [0.25, 0.3) is 0 Å². The highest BCUT2D eigenvalue weighted by Crippen LogP contribution is 2.48. The van der Waals surface area contributed by atoms with Crippen LogP contribution < -0.4 is 4.74 Å². The Kier molecular flexibility index (Phi) is 6.73. The van der Waals surface area contributed by atoms with Crippen molar-refractivity contribution in [2.75, 3.05) is 19.8 Å². The molecule has 0 heterocycles. The van der Waals surface area contributed by atoms with Crippen molar-refractivity contribution in [3.8, 4) is 18.1 Å². The number of hydrogen-bond acceptors (Lipinski definition) is 2. The van der Waals surface area contributed by atoms with Gasteiger partial charge in [0.05, 0.1) is 21.7 Å². The van der Waals surface area contributed by atoms with E-state index in [1.807, 2.05) is 0 Å². The first-order chi connectivity index (χ1) is 8.50. The van der Waals surface area contributed by atoms with E-state index >= 15 is 0 Å². The molecule has 1 aromatic carbocycles. The minimum Gasteiger partial charge on any atom is -0.488 e. The second kappa shape index (κ2) is 7.55. The fourth-order valence-corrected chi connectivity index (χ4v) is 2.28. The molecule has 0 unspecified atom stereocenters. The molecule has 0 radical (unpaired) electrons. The van der Waals surface area contributed by atoms with Crippen LogP contribution in [0.15, 0.2) is 0 Å². The first kappa shape index (κ1) is 16.0. The van der Waals surface area contributed by atoms with E-state index in [1.165, 1.54) is 0 Å². The molecule has 0 aliphatic heterocycles. The van der Waals surface area contributed by atoms with Gasteiger partial charge in [0, 0.05) is 0 Å². The van der Waals surface area contributed by atoms with E-state index < -0.39 is 0 Å². The Labute approximate surface area is 130 Å². The molecule has 0 bridgehead atoms. The summed E-state index contributed by atoms with van der Waals surface area (Å²) in [5.41, 5.74) is 0. The van der Waals surface area contributed by atoms with Crippen LogP contribution in [0.4, 0.5) is 0 Å². The first-order valence-corrected chi connectivity index (χ1v) is 6.55. The van der Waals surface area contributed by atoms with Crippen molar-refractivity contribution in [3.63, 3.8) is 0 Å². The van der Waals surface area contributed by atoms with Gasteiger partial charge in [0.25, 0.3) is 0 Å². The molecule has 0 aromatic heterocycles. The van der Waals surface area contributed by atoms with Gasteiger partial charge in [-0.05, 0) is 0 Å². The molecule has 0 saturated heterocycles. The Morgan fingerprint density at radius 2 is 1.33 bits per heavy atom. The van der Waals surface area contributed by atoms with Crippen LogP contribution in [0.5, 0.6) is 5.75 Å². The topological polar surface area (TPSA) is 18.5 Å². The SMILES string of the molecule is C#CCOCCOc1c(Cl)c(Cl)c(Cl)c(Cl)c1Cl. The van der Waals surface area contributed by atoms with Crippen LogP contribution in [-0.2, 0) is 4.74 Å². The van der Waals surface area contributed by atoms with Crippen molar-refractivity contribution in [2.24, 2.45) is 0 Å². The van der Waals surface area contributed by atoms with Crippen LogP contribution in [0, 0.1) is 12.3 Å². The molecular weight excluding hydrogens is 341 g/mol. The van der Waals surface area contributed by atoms with E-state index in [2.05, 4.69) is 5.92 Å². The molecule has 0 saturated carbocycles. The van der Waals surface area contributed by atoms with Crippen molar-refractivity contribution < 1.29 is 9.47 Å². The summed E-state index contributed by atoms with van der Waals surface area (Å²) in [4.78, 5) is 0. The Hall–Kier alpha value is -0.01000. The van der Waals surface area contributed by atoms with Gasteiger partial charge in [-0.3, -0.25) is 0 Å². The average Bonchev–Trinajstić information content (AvgIpc) is 2.37. The first-order valence-electron chi connectivity index (χ1n) is 4.66. The number of hydrogen-bond donors (Lipinski definition) is 0. The molecule has 0 fully saturated rings. The maximum atomic E-state index is 5.96. The quantitative estimate of drug-likeness (QED) is 0.323. The van der Waals surface area contributed by atoms with Crippen molar-refractivity contribution in [3.05, 3.63) is 25.1 Å². The summed E-state index contributed by atoms with van der Waals surface area (Å²) in [5.74, 6) is 2.49. The molecule has 0 N–H and O–H groups in total. The van der Waals surface area contributed by atoms with E-state index in [1.54, 1.807) is 0 Å². The summed E-state index contributed by atoms with van der Waals surface area (Å²) in [5, 5.41) is 0.477. The van der Waals surface area contributed by atoms with Gasteiger partial charge >= 0.3 is 0 Å². The van der Waals surface area contributed by atoms with Crippen molar-refractivity contribution in [1.82, 2.24) is 0 Å². The third kappa shape index (κ3) is 3.74. The van der Waals surface area contributed by atoms with Gasteiger partial charge in [-0.15, -0.1) is 6.42 Å². The number of halogens is 5. The monoisotopic (exact) mass is 346 g/mol. The highest BCUT2D eigenvalue weighted by atomic mass is 35.5. The molecule has 1 aromatic rings. The summed E-state index contributed by atoms with van der Waals surface area (Å²) in [6.45, 7) is 0.692. The second-order valence-corrected chi connectivity index (χ2v) is 4.89. The number of ether oxygens (including phenoxy) is 2. The van der Waals surface area contributed by atoms with Gasteiger partial charge in [-0.2, -0.15) is 0 Å². The lowest BCUT2D eigenvalue weighted by Gasteiger charge is -2.13. The minimum atomic E-state index is 0.0873. The fourth-order valence-electron chi connectivity index (χ4n) is 1.05. The third-order valence-corrected chi connectivity index (χ3v) is 4.07. The van der Waals surface area contributed by atoms with Crippen LogP contribution in [0.3, 0.4) is 0 Å². The smallest absolute Gasteiger partial charge is 0.159 e. The maximum absolute atomic E-state index is 5.96. The highest BCUT2D eigenvalue weighted by molar-refractivity contribution is 6.55. The molecule has 0 aliphatic carbocycles. The third-order valence-electron chi connectivity index (χ3n) is 1.83. The number of rotatable bonds is 5. The molecule has 0 aliphatic rings. The van der Waals surface area contributed by atoms with Gasteiger partial charge in [-0.25, -0.2) is 0 Å². The maximum Gasteiger partial charge on any atom is 0.159 e. The molecule has 7 heteroatoms. The van der Waals surface area contributed by atoms with Crippen LogP contribution in [0.1, 0.15) is 0 Å². The van der Waals surface area contributed by atoms with Crippen molar-refractivity contribution >= 4 is 58.0 Å². The van der Waals surface area contributed by atoms with E-state index in [4.69, 9.17) is 73.9 Å². The average molecular weight is 348 g/mol. The van der Waals surface area contributed by atoms with E-state index in [0.717, 1.165) is 0 Å². The van der Waals surface area contributed by atoms with Crippen LogP contribution >= 0.6 is 58.0 Å². The van der Waals surface area contributed by atoms with E-state index in [0.29, 0.717) is 0 Å². The minimum absolute atomic E-state index is 0.0873. The molecule has 18 heavy (non-hydrogen) atoms. The second-order valence-electron chi connectivity index (χ2n) is 3.00. The Bertz CT molecular complexity index is 452. The van der Waals surface area contributed by atoms with Crippen molar-refractivity contribution in [1.29, 1.82) is 0 Å². The summed E-state index contributed by atoms with van der Waals surface area (Å²) < 4.78 is 10.4. The molecular formula is C11H7Cl5O2. The zero-order valence-electron chi connectivity index (χ0n) is 8.90. The molecule has 0 spiro atoms. The summed E-state index contributed by atoms with van der Waals surface area (Å²) in [7, 11) is 0. The van der Waals surface area contributed by atoms with Crippen LogP contribution in [-0.4, -0.2) is 19.8 Å². The Balaban J connectivity index is 2.80. The lowest BCUT2D eigenvalue weighted by molar-refractivity contribution is 0.124. The highest BCUT2D eigenvalue weighted by Gasteiger charge is 2.20. The molecule has 0 atom stereocenters. The molecule has 1 rings (SSSR count). The standard InChI is InChI=1S/C11H7Cl5O2/c1-2-3-17-4-5-18-11-9(15)7(13)6(12)8(14)10(11)16/h1H,3-5H2. The number of benzene rings is 1. The predicted octanol–water partition coefficient (Wildman–Crippen LogP) is 4.98. The fraction of sp³-hybridized carbons (Fsp3) is 0.273. The Morgan fingerprint density at radius 1 is 0.833 bits per heavy atom. The zero-order valence-corrected chi connectivity index (χ0v) is 12.7. The number of terminal acetylenes is 1.